The van der Waals surface area contributed by atoms with E-state index in [9.17, 15) is 19.5 Å². The molecular weight excluding hydrogens is 430 g/mol. The van der Waals surface area contributed by atoms with Gasteiger partial charge in [-0.05, 0) is 64.1 Å². The van der Waals surface area contributed by atoms with Crippen molar-refractivity contribution in [3.05, 3.63) is 71.8 Å². The molecule has 0 heterocycles. The summed E-state index contributed by atoms with van der Waals surface area (Å²) in [5.74, 6) is -2.29. The average Bonchev–Trinajstić information content (AvgIpc) is 2.81. The zero-order valence-corrected chi connectivity index (χ0v) is 19.8. The molecule has 0 spiro atoms. The molecule has 0 bridgehead atoms. The zero-order chi connectivity index (χ0) is 24.8. The van der Waals surface area contributed by atoms with Crippen LogP contribution in [0.4, 0.5) is 0 Å². The van der Waals surface area contributed by atoms with Crippen LogP contribution in [0.25, 0.3) is 21.9 Å². The largest absolute Gasteiger partial charge is 0.480 e. The highest BCUT2D eigenvalue weighted by atomic mass is 16.4. The summed E-state index contributed by atoms with van der Waals surface area (Å²) >= 11 is 0. The van der Waals surface area contributed by atoms with Crippen LogP contribution in [-0.2, 0) is 16.1 Å². The third-order valence-corrected chi connectivity index (χ3v) is 6.01. The third kappa shape index (κ3) is 5.81. The number of hydrogen-bond acceptors (Lipinski definition) is 3. The minimum absolute atomic E-state index is 0.136. The maximum absolute atomic E-state index is 12.9. The van der Waals surface area contributed by atoms with Gasteiger partial charge in [-0.2, -0.15) is 0 Å². The lowest BCUT2D eigenvalue weighted by atomic mass is 9.98. The minimum atomic E-state index is -0.987. The van der Waals surface area contributed by atoms with Crippen LogP contribution in [0.5, 0.6) is 0 Å². The van der Waals surface area contributed by atoms with Crippen molar-refractivity contribution in [1.82, 2.24) is 4.90 Å². The standard InChI is InChI=1S/C28H31NO5/c1-4-5-6-25(30)29(26(18(2)3)28(33)34)17-19-7-8-24-16-23(14-13-22(24)15-19)20-9-11-21(12-10-20)27(31)32/h7-16,18,26H,4-6,17H2,1-3H3,(H,31,32)(H,33,34). The minimum Gasteiger partial charge on any atom is -0.480 e. The molecule has 0 radical (unpaired) electrons. The van der Waals surface area contributed by atoms with E-state index in [0.29, 0.717) is 6.42 Å². The van der Waals surface area contributed by atoms with Gasteiger partial charge in [0.2, 0.25) is 5.91 Å². The average molecular weight is 462 g/mol. The first-order valence-corrected chi connectivity index (χ1v) is 11.6. The van der Waals surface area contributed by atoms with Crippen LogP contribution in [0.3, 0.4) is 0 Å². The summed E-state index contributed by atoms with van der Waals surface area (Å²) in [6.45, 7) is 5.90. The first-order chi connectivity index (χ1) is 16.2. The van der Waals surface area contributed by atoms with Gasteiger partial charge in [0.1, 0.15) is 6.04 Å². The molecule has 6 nitrogen and oxygen atoms in total. The van der Waals surface area contributed by atoms with Crippen LogP contribution in [0.1, 0.15) is 56.0 Å². The Morgan fingerprint density at radius 1 is 0.853 bits per heavy atom. The molecule has 1 atom stereocenters. The van der Waals surface area contributed by atoms with E-state index >= 15 is 0 Å². The lowest BCUT2D eigenvalue weighted by Gasteiger charge is -2.32. The number of fused-ring (bicyclic) bond motifs is 1. The number of carbonyl (C=O) groups is 3. The van der Waals surface area contributed by atoms with Crippen molar-refractivity contribution in [1.29, 1.82) is 0 Å². The lowest BCUT2D eigenvalue weighted by molar-refractivity contribution is -0.153. The van der Waals surface area contributed by atoms with Gasteiger partial charge in [-0.3, -0.25) is 4.79 Å². The number of nitrogens with zero attached hydrogens (tertiary/aromatic N) is 1. The van der Waals surface area contributed by atoms with E-state index in [0.717, 1.165) is 40.3 Å². The van der Waals surface area contributed by atoms with E-state index < -0.39 is 18.0 Å². The summed E-state index contributed by atoms with van der Waals surface area (Å²) in [5, 5.41) is 20.9. The van der Waals surface area contributed by atoms with Crippen LogP contribution in [0, 0.1) is 5.92 Å². The van der Waals surface area contributed by atoms with Gasteiger partial charge in [0.25, 0.3) is 0 Å². The Bertz CT molecular complexity index is 1180. The van der Waals surface area contributed by atoms with Crippen LogP contribution in [0.15, 0.2) is 60.7 Å². The Morgan fingerprint density at radius 3 is 2.06 bits per heavy atom. The third-order valence-electron chi connectivity index (χ3n) is 6.01. The fourth-order valence-electron chi connectivity index (χ4n) is 4.17. The molecule has 0 fully saturated rings. The fourth-order valence-corrected chi connectivity index (χ4v) is 4.17. The maximum Gasteiger partial charge on any atom is 0.335 e. The van der Waals surface area contributed by atoms with Crippen molar-refractivity contribution in [2.24, 2.45) is 5.92 Å². The second kappa shape index (κ2) is 11.0. The normalized spacial score (nSPS) is 12.0. The number of carboxylic acid groups (broad SMARTS) is 2. The highest BCUT2D eigenvalue weighted by molar-refractivity contribution is 5.90. The number of carboxylic acids is 2. The topological polar surface area (TPSA) is 94.9 Å². The molecule has 3 rings (SSSR count). The highest BCUT2D eigenvalue weighted by Crippen LogP contribution is 2.27. The SMILES string of the molecule is CCCCC(=O)N(Cc1ccc2cc(-c3ccc(C(=O)O)cc3)ccc2c1)C(C(=O)O)C(C)C. The van der Waals surface area contributed by atoms with Crippen LogP contribution in [-0.4, -0.2) is 39.0 Å². The molecule has 1 unspecified atom stereocenters. The predicted molar refractivity (Wildman–Crippen MR) is 133 cm³/mol. The van der Waals surface area contributed by atoms with Gasteiger partial charge in [0, 0.05) is 13.0 Å². The number of hydrogen-bond donors (Lipinski definition) is 2. The summed E-state index contributed by atoms with van der Waals surface area (Å²) in [5.41, 5.74) is 3.01. The van der Waals surface area contributed by atoms with Gasteiger partial charge in [0.15, 0.2) is 0 Å². The van der Waals surface area contributed by atoms with Crippen molar-refractivity contribution >= 4 is 28.6 Å². The highest BCUT2D eigenvalue weighted by Gasteiger charge is 2.32. The smallest absolute Gasteiger partial charge is 0.335 e. The Balaban J connectivity index is 1.89. The number of aliphatic carboxylic acids is 1. The first-order valence-electron chi connectivity index (χ1n) is 11.6. The Kier molecular flexibility index (Phi) is 8.05. The van der Waals surface area contributed by atoms with E-state index in [1.54, 1.807) is 24.3 Å². The Labute approximate surface area is 199 Å². The lowest BCUT2D eigenvalue weighted by Crippen LogP contribution is -2.47. The quantitative estimate of drug-likeness (QED) is 0.396. The molecular formula is C28H31NO5. The summed E-state index contributed by atoms with van der Waals surface area (Å²) in [4.78, 5) is 37.5. The van der Waals surface area contributed by atoms with Crippen LogP contribution >= 0.6 is 0 Å². The number of aromatic carboxylic acids is 1. The number of unbranched alkanes of at least 4 members (excludes halogenated alkanes) is 1. The van der Waals surface area contributed by atoms with Crippen molar-refractivity contribution < 1.29 is 24.6 Å². The van der Waals surface area contributed by atoms with E-state index in [4.69, 9.17) is 5.11 Å². The summed E-state index contributed by atoms with van der Waals surface area (Å²) in [6, 6.07) is 17.8. The molecule has 2 N–H and O–H groups in total. The molecule has 178 valence electrons. The van der Waals surface area contributed by atoms with E-state index in [1.165, 1.54) is 4.90 Å². The number of carbonyl (C=O) groups excluding carboxylic acids is 1. The number of rotatable bonds is 10. The van der Waals surface area contributed by atoms with Crippen molar-refractivity contribution in [3.63, 3.8) is 0 Å². The van der Waals surface area contributed by atoms with Gasteiger partial charge in [-0.15, -0.1) is 0 Å². The van der Waals surface area contributed by atoms with Gasteiger partial charge in [-0.1, -0.05) is 63.6 Å². The molecule has 0 aromatic heterocycles. The molecule has 34 heavy (non-hydrogen) atoms. The predicted octanol–water partition coefficient (Wildman–Crippen LogP) is 5.83. The number of amides is 1. The van der Waals surface area contributed by atoms with Crippen molar-refractivity contribution in [2.75, 3.05) is 0 Å². The second-order valence-corrected chi connectivity index (χ2v) is 8.93. The molecule has 0 aliphatic carbocycles. The summed E-state index contributed by atoms with van der Waals surface area (Å²) < 4.78 is 0. The van der Waals surface area contributed by atoms with Crippen LogP contribution < -0.4 is 0 Å². The van der Waals surface area contributed by atoms with Crippen molar-refractivity contribution in [3.8, 4) is 11.1 Å². The first kappa shape index (κ1) is 25.0. The van der Waals surface area contributed by atoms with Gasteiger partial charge >= 0.3 is 11.9 Å². The van der Waals surface area contributed by atoms with E-state index in [-0.39, 0.29) is 23.9 Å². The molecule has 6 heteroatoms. The molecule has 0 aliphatic heterocycles. The zero-order valence-electron chi connectivity index (χ0n) is 19.8. The number of benzene rings is 3. The van der Waals surface area contributed by atoms with Crippen molar-refractivity contribution in [2.45, 2.75) is 52.6 Å². The summed E-state index contributed by atoms with van der Waals surface area (Å²) in [7, 11) is 0. The van der Waals surface area contributed by atoms with Crippen LogP contribution in [0.2, 0.25) is 0 Å². The molecule has 3 aromatic rings. The Morgan fingerprint density at radius 2 is 1.47 bits per heavy atom. The second-order valence-electron chi connectivity index (χ2n) is 8.93. The molecule has 3 aromatic carbocycles. The van der Waals surface area contributed by atoms with Gasteiger partial charge < -0.3 is 15.1 Å². The van der Waals surface area contributed by atoms with E-state index in [1.807, 2.05) is 57.2 Å². The maximum atomic E-state index is 12.9. The van der Waals surface area contributed by atoms with Gasteiger partial charge in [0.05, 0.1) is 5.56 Å². The monoisotopic (exact) mass is 461 g/mol. The molecule has 0 aliphatic rings. The molecule has 0 saturated heterocycles. The van der Waals surface area contributed by atoms with E-state index in [2.05, 4.69) is 0 Å². The molecule has 0 saturated carbocycles. The fraction of sp³-hybridized carbons (Fsp3) is 0.321. The molecule has 1 amide bonds. The summed E-state index contributed by atoms with van der Waals surface area (Å²) in [6.07, 6.45) is 1.94. The van der Waals surface area contributed by atoms with Gasteiger partial charge in [-0.25, -0.2) is 9.59 Å². The Hall–Kier alpha value is -3.67.